The number of rotatable bonds is 0. The van der Waals surface area contributed by atoms with E-state index in [2.05, 4.69) is 54.0 Å². The second-order valence-corrected chi connectivity index (χ2v) is 4.41. The topological polar surface area (TPSA) is 0 Å². The zero-order valence-corrected chi connectivity index (χ0v) is 12.8. The normalized spacial score (nSPS) is 6.50. The van der Waals surface area contributed by atoms with E-state index in [1.807, 2.05) is 27.7 Å². The van der Waals surface area contributed by atoms with Crippen molar-refractivity contribution in [1.82, 2.24) is 0 Å². The predicted molar refractivity (Wildman–Crippen MR) is 82.0 cm³/mol. The van der Waals surface area contributed by atoms with Crippen LogP contribution in [0.1, 0.15) is 55.4 Å². The fraction of sp³-hybridized carbons (Fsp3) is 0.500. The maximum Gasteiger partial charge on any atom is -0.0440 e. The van der Waals surface area contributed by atoms with E-state index in [1.165, 1.54) is 22.3 Å². The van der Waals surface area contributed by atoms with Crippen LogP contribution in [0.2, 0.25) is 0 Å². The van der Waals surface area contributed by atoms with Crippen LogP contribution in [0.25, 0.3) is 0 Å². The summed E-state index contributed by atoms with van der Waals surface area (Å²) in [5.74, 6) is 0. The van der Waals surface area contributed by atoms with E-state index >= 15 is 0 Å². The Morgan fingerprint density at radius 2 is 0.562 bits per heavy atom. The lowest BCUT2D eigenvalue weighted by atomic mass is 10.2. The highest BCUT2D eigenvalue weighted by molar-refractivity contribution is 5.02. The molecule has 96 valence electrons. The Kier molecular flexibility index (Phi) is 29.6. The third kappa shape index (κ3) is 212. The fourth-order valence-electron chi connectivity index (χ4n) is 0. The van der Waals surface area contributed by atoms with Gasteiger partial charge in [-0.15, -0.1) is 26.3 Å². The summed E-state index contributed by atoms with van der Waals surface area (Å²) in [6.07, 6.45) is 0. The molecule has 0 bridgehead atoms. The number of hydrogen-bond donors (Lipinski definition) is 0. The summed E-state index contributed by atoms with van der Waals surface area (Å²) in [7, 11) is 0. The Balaban J connectivity index is -0.0000000643. The first-order valence-electron chi connectivity index (χ1n) is 5.46. The second-order valence-electron chi connectivity index (χ2n) is 4.41. The van der Waals surface area contributed by atoms with E-state index in [0.29, 0.717) is 0 Å². The molecule has 0 aliphatic rings. The molecule has 0 radical (unpaired) electrons. The molecule has 0 aliphatic carbocycles. The Hall–Kier alpha value is -1.04. The molecule has 0 aromatic carbocycles. The van der Waals surface area contributed by atoms with Crippen molar-refractivity contribution in [3.8, 4) is 0 Å². The minimum atomic E-state index is 1.17. The van der Waals surface area contributed by atoms with Crippen LogP contribution in [-0.2, 0) is 0 Å². The molecule has 0 unspecified atom stereocenters. The summed E-state index contributed by atoms with van der Waals surface area (Å²) < 4.78 is 0. The quantitative estimate of drug-likeness (QED) is 0.422. The molecule has 0 atom stereocenters. The Morgan fingerprint density at radius 1 is 0.500 bits per heavy atom. The molecule has 0 spiro atoms. The van der Waals surface area contributed by atoms with Crippen LogP contribution in [0, 0.1) is 0 Å². The molecule has 0 fully saturated rings. The molecule has 0 heteroatoms. The first kappa shape index (κ1) is 24.3. The van der Waals surface area contributed by atoms with Gasteiger partial charge < -0.3 is 0 Å². The predicted octanol–water partition coefficient (Wildman–Crippen LogP) is 6.33. The van der Waals surface area contributed by atoms with Crippen molar-refractivity contribution in [3.05, 3.63) is 48.6 Å². The molecular weight excluding hydrogens is 192 g/mol. The van der Waals surface area contributed by atoms with Gasteiger partial charge in [0.2, 0.25) is 0 Å². The summed E-state index contributed by atoms with van der Waals surface area (Å²) >= 11 is 0. The van der Waals surface area contributed by atoms with Crippen molar-refractivity contribution in [2.75, 3.05) is 0 Å². The van der Waals surface area contributed by atoms with E-state index in [9.17, 15) is 0 Å². The van der Waals surface area contributed by atoms with Crippen LogP contribution < -0.4 is 0 Å². The van der Waals surface area contributed by atoms with Crippen molar-refractivity contribution >= 4 is 0 Å². The summed E-state index contributed by atoms with van der Waals surface area (Å²) in [5.41, 5.74) is 5.19. The number of hydrogen-bond acceptors (Lipinski definition) is 0. The number of allylic oxidation sites excluding steroid dienone is 4. The van der Waals surface area contributed by atoms with Crippen molar-refractivity contribution in [2.45, 2.75) is 55.4 Å². The molecule has 0 rings (SSSR count). The van der Waals surface area contributed by atoms with Crippen LogP contribution in [0.4, 0.5) is 0 Å². The van der Waals surface area contributed by atoms with Gasteiger partial charge in [-0.2, -0.15) is 0 Å². The average molecular weight is 224 g/mol. The smallest absolute Gasteiger partial charge is 0.0440 e. The fourth-order valence-corrected chi connectivity index (χ4v) is 0. The molecule has 16 heavy (non-hydrogen) atoms. The van der Waals surface area contributed by atoms with Gasteiger partial charge in [-0.25, -0.2) is 0 Å². The van der Waals surface area contributed by atoms with Gasteiger partial charge in [0.15, 0.2) is 0 Å². The Labute approximate surface area is 104 Å². The molecule has 0 saturated carbocycles. The van der Waals surface area contributed by atoms with Crippen LogP contribution >= 0.6 is 0 Å². The maximum atomic E-state index is 3.56. The van der Waals surface area contributed by atoms with E-state index in [0.717, 1.165) is 0 Å². The zero-order chi connectivity index (χ0) is 14.3. The van der Waals surface area contributed by atoms with Gasteiger partial charge in [0.25, 0.3) is 0 Å². The third-order valence-electron chi connectivity index (χ3n) is 1.00. The maximum absolute atomic E-state index is 3.56. The van der Waals surface area contributed by atoms with Crippen LogP contribution in [0.3, 0.4) is 0 Å². The van der Waals surface area contributed by atoms with Crippen molar-refractivity contribution in [1.29, 1.82) is 0 Å². The van der Waals surface area contributed by atoms with E-state index < -0.39 is 0 Å². The van der Waals surface area contributed by atoms with Crippen molar-refractivity contribution in [2.24, 2.45) is 0 Å². The van der Waals surface area contributed by atoms with Gasteiger partial charge in [0.1, 0.15) is 0 Å². The van der Waals surface area contributed by atoms with Crippen LogP contribution in [-0.4, -0.2) is 0 Å². The van der Waals surface area contributed by atoms with E-state index in [4.69, 9.17) is 0 Å². The molecule has 0 N–H and O–H groups in total. The third-order valence-corrected chi connectivity index (χ3v) is 1.00. The SMILES string of the molecule is C=C.C=C(C)C.C=C(C)C.CC(C)=C(C)C. The van der Waals surface area contributed by atoms with Crippen LogP contribution in [0.15, 0.2) is 48.6 Å². The molecule has 0 nitrogen and oxygen atoms in total. The minimum absolute atomic E-state index is 1.17. The first-order valence-corrected chi connectivity index (χ1v) is 5.46. The molecule has 0 amide bonds. The average Bonchev–Trinajstić information content (AvgIpc) is 2.05. The highest BCUT2D eigenvalue weighted by Gasteiger charge is 1.75. The van der Waals surface area contributed by atoms with Gasteiger partial charge >= 0.3 is 0 Å². The molecule has 0 aliphatic heterocycles. The Morgan fingerprint density at radius 3 is 0.562 bits per heavy atom. The molecule has 0 aromatic heterocycles. The summed E-state index contributed by atoms with van der Waals surface area (Å²) in [6.45, 7) is 29.5. The van der Waals surface area contributed by atoms with E-state index in [-0.39, 0.29) is 0 Å². The summed E-state index contributed by atoms with van der Waals surface area (Å²) in [4.78, 5) is 0. The minimum Gasteiger partial charge on any atom is -0.106 e. The first-order chi connectivity index (χ1) is 7.11. The van der Waals surface area contributed by atoms with Gasteiger partial charge in [-0.05, 0) is 55.4 Å². The molecular formula is C16H32. The highest BCUT2D eigenvalue weighted by atomic mass is 13.8. The van der Waals surface area contributed by atoms with Crippen LogP contribution in [0.5, 0.6) is 0 Å². The second kappa shape index (κ2) is 19.5. The standard InChI is InChI=1S/C6H12.2C4H8.C2H4/c1-5(2)6(3)4;2*1-4(2)3;1-2/h1-4H3;2*1H2,2-3H3;1-2H2. The zero-order valence-electron chi connectivity index (χ0n) is 12.8. The van der Waals surface area contributed by atoms with Crippen molar-refractivity contribution < 1.29 is 0 Å². The van der Waals surface area contributed by atoms with Gasteiger partial charge in [0, 0.05) is 0 Å². The largest absolute Gasteiger partial charge is 0.106 e. The molecule has 0 saturated heterocycles. The van der Waals surface area contributed by atoms with Gasteiger partial charge in [-0.1, -0.05) is 22.3 Å². The Bertz CT molecular complexity index is 166. The van der Waals surface area contributed by atoms with Crippen molar-refractivity contribution in [3.63, 3.8) is 0 Å². The molecule has 0 heterocycles. The lowest BCUT2D eigenvalue weighted by Gasteiger charge is -1.88. The summed E-state index contributed by atoms with van der Waals surface area (Å²) in [5, 5.41) is 0. The van der Waals surface area contributed by atoms with Gasteiger partial charge in [0.05, 0.1) is 0 Å². The highest BCUT2D eigenvalue weighted by Crippen LogP contribution is 1.96. The lowest BCUT2D eigenvalue weighted by Crippen LogP contribution is -1.66. The molecule has 0 aromatic rings. The van der Waals surface area contributed by atoms with Gasteiger partial charge in [-0.3, -0.25) is 0 Å². The van der Waals surface area contributed by atoms with E-state index in [1.54, 1.807) is 0 Å². The summed E-state index contributed by atoms with van der Waals surface area (Å²) in [6, 6.07) is 0. The lowest BCUT2D eigenvalue weighted by molar-refractivity contribution is 1.23. The monoisotopic (exact) mass is 224 g/mol.